The summed E-state index contributed by atoms with van der Waals surface area (Å²) in [5, 5.41) is 3.09. The van der Waals surface area contributed by atoms with Gasteiger partial charge in [0.25, 0.3) is 5.91 Å². The van der Waals surface area contributed by atoms with E-state index in [1.54, 1.807) is 0 Å². The third-order valence-corrected chi connectivity index (χ3v) is 5.39. The van der Waals surface area contributed by atoms with Crippen molar-refractivity contribution < 1.29 is 9.53 Å². The van der Waals surface area contributed by atoms with Gasteiger partial charge in [-0.1, -0.05) is 19.9 Å². The Morgan fingerprint density at radius 1 is 1.27 bits per heavy atom. The van der Waals surface area contributed by atoms with Gasteiger partial charge in [0.1, 0.15) is 5.75 Å². The van der Waals surface area contributed by atoms with Crippen molar-refractivity contribution in [3.05, 3.63) is 29.3 Å². The molecule has 1 aliphatic heterocycles. The fourth-order valence-electron chi connectivity index (χ4n) is 3.75. The third kappa shape index (κ3) is 5.73. The molecule has 0 bridgehead atoms. The van der Waals surface area contributed by atoms with Crippen molar-refractivity contribution in [3.63, 3.8) is 0 Å². The molecule has 1 aromatic rings. The monoisotopic (exact) mass is 360 g/mol. The van der Waals surface area contributed by atoms with Crippen molar-refractivity contribution in [3.8, 4) is 5.75 Å². The Bertz CT molecular complexity index is 598. The minimum atomic E-state index is -0.482. The number of likely N-dealkylation sites (tertiary alicyclic amines) is 1. The second-order valence-electron chi connectivity index (χ2n) is 8.28. The van der Waals surface area contributed by atoms with Gasteiger partial charge in [-0.25, -0.2) is 0 Å². The van der Waals surface area contributed by atoms with Gasteiger partial charge >= 0.3 is 0 Å². The molecule has 2 rings (SSSR count). The molecule has 146 valence electrons. The molecule has 1 N–H and O–H groups in total. The molecule has 2 atom stereocenters. The van der Waals surface area contributed by atoms with Crippen LogP contribution >= 0.6 is 0 Å². The molecular formula is C22H36N2O2. The van der Waals surface area contributed by atoms with Crippen LogP contribution in [0.15, 0.2) is 18.2 Å². The highest BCUT2D eigenvalue weighted by molar-refractivity contribution is 5.80. The molecule has 0 aromatic heterocycles. The first kappa shape index (κ1) is 20.8. The molecule has 0 radical (unpaired) electrons. The molecule has 1 fully saturated rings. The molecule has 1 amide bonds. The van der Waals surface area contributed by atoms with Gasteiger partial charge in [-0.2, -0.15) is 0 Å². The number of rotatable bonds is 7. The number of amides is 1. The van der Waals surface area contributed by atoms with E-state index in [0.717, 1.165) is 18.8 Å². The van der Waals surface area contributed by atoms with Crippen LogP contribution in [0, 0.1) is 12.8 Å². The highest BCUT2D eigenvalue weighted by atomic mass is 16.5. The summed E-state index contributed by atoms with van der Waals surface area (Å²) in [6, 6.07) is 6.67. The van der Waals surface area contributed by atoms with E-state index in [4.69, 9.17) is 4.74 Å². The lowest BCUT2D eigenvalue weighted by Crippen LogP contribution is -2.45. The Kier molecular flexibility index (Phi) is 7.51. The zero-order valence-electron chi connectivity index (χ0n) is 17.3. The summed E-state index contributed by atoms with van der Waals surface area (Å²) in [6.45, 7) is 15.7. The maximum atomic E-state index is 12.4. The van der Waals surface area contributed by atoms with Crippen molar-refractivity contribution in [1.29, 1.82) is 0 Å². The summed E-state index contributed by atoms with van der Waals surface area (Å²) >= 11 is 0. The van der Waals surface area contributed by atoms with Gasteiger partial charge in [0, 0.05) is 19.1 Å². The fraction of sp³-hybridized carbons (Fsp3) is 0.682. The maximum absolute atomic E-state index is 12.4. The Hall–Kier alpha value is -1.55. The second kappa shape index (κ2) is 9.40. The average molecular weight is 361 g/mol. The Morgan fingerprint density at radius 3 is 2.62 bits per heavy atom. The zero-order valence-corrected chi connectivity index (χ0v) is 17.3. The van der Waals surface area contributed by atoms with Crippen molar-refractivity contribution >= 4 is 5.91 Å². The number of carbonyl (C=O) groups excluding carboxylic acids is 1. The van der Waals surface area contributed by atoms with Crippen LogP contribution in [0.2, 0.25) is 0 Å². The Balaban J connectivity index is 1.83. The van der Waals surface area contributed by atoms with Gasteiger partial charge in [-0.05, 0) is 82.2 Å². The predicted molar refractivity (Wildman–Crippen MR) is 108 cm³/mol. The first-order valence-electron chi connectivity index (χ1n) is 10.1. The number of benzene rings is 1. The van der Waals surface area contributed by atoms with Crippen LogP contribution in [-0.4, -0.2) is 42.6 Å². The van der Waals surface area contributed by atoms with Crippen molar-refractivity contribution in [2.24, 2.45) is 5.92 Å². The van der Waals surface area contributed by atoms with Crippen LogP contribution in [0.4, 0.5) is 0 Å². The number of piperidine rings is 1. The molecule has 1 aliphatic rings. The van der Waals surface area contributed by atoms with E-state index in [9.17, 15) is 4.79 Å². The molecule has 1 saturated heterocycles. The molecule has 26 heavy (non-hydrogen) atoms. The lowest BCUT2D eigenvalue weighted by Gasteiger charge is -2.35. The number of nitrogens with one attached hydrogen (secondary N) is 1. The first-order valence-corrected chi connectivity index (χ1v) is 10.1. The zero-order chi connectivity index (χ0) is 19.3. The molecule has 4 heteroatoms. The van der Waals surface area contributed by atoms with Gasteiger partial charge in [0.2, 0.25) is 0 Å². The molecule has 4 nitrogen and oxygen atoms in total. The molecule has 0 aliphatic carbocycles. The van der Waals surface area contributed by atoms with Crippen LogP contribution < -0.4 is 10.1 Å². The van der Waals surface area contributed by atoms with Crippen LogP contribution in [0.3, 0.4) is 0 Å². The number of carbonyl (C=O) groups is 1. The van der Waals surface area contributed by atoms with Crippen LogP contribution in [0.25, 0.3) is 0 Å². The van der Waals surface area contributed by atoms with Crippen molar-refractivity contribution in [1.82, 2.24) is 10.2 Å². The molecule has 0 saturated carbocycles. The molecule has 0 spiro atoms. The lowest BCUT2D eigenvalue weighted by molar-refractivity contribution is -0.127. The Morgan fingerprint density at radius 2 is 2.00 bits per heavy atom. The van der Waals surface area contributed by atoms with E-state index in [1.165, 1.54) is 30.5 Å². The average Bonchev–Trinajstić information content (AvgIpc) is 2.59. The van der Waals surface area contributed by atoms with E-state index in [0.29, 0.717) is 17.9 Å². The standard InChI is InChI=1S/C22H36N2O2/c1-15(2)21-10-9-20(12-17(21)5)26-18(6)22(25)23-13-19-8-7-11-24(14-19)16(3)4/h9-10,12,15-16,18-19H,7-8,11,13-14H2,1-6H3,(H,23,25). The molecular weight excluding hydrogens is 324 g/mol. The van der Waals surface area contributed by atoms with Gasteiger partial charge < -0.3 is 15.0 Å². The molecule has 1 heterocycles. The predicted octanol–water partition coefficient (Wildman–Crippen LogP) is 4.12. The Labute approximate surface area is 159 Å². The normalized spacial score (nSPS) is 19.6. The lowest BCUT2D eigenvalue weighted by atomic mass is 9.97. The summed E-state index contributed by atoms with van der Waals surface area (Å²) in [5.41, 5.74) is 2.53. The van der Waals surface area contributed by atoms with Crippen molar-refractivity contribution in [2.45, 2.75) is 72.4 Å². The minimum absolute atomic E-state index is 0.0303. The summed E-state index contributed by atoms with van der Waals surface area (Å²) in [6.07, 6.45) is 1.92. The van der Waals surface area contributed by atoms with Gasteiger partial charge in [-0.15, -0.1) is 0 Å². The summed E-state index contributed by atoms with van der Waals surface area (Å²) in [7, 11) is 0. The van der Waals surface area contributed by atoms with Crippen LogP contribution in [-0.2, 0) is 4.79 Å². The topological polar surface area (TPSA) is 41.6 Å². The van der Waals surface area contributed by atoms with Crippen LogP contribution in [0.5, 0.6) is 5.75 Å². The molecule has 1 aromatic carbocycles. The van der Waals surface area contributed by atoms with Gasteiger partial charge in [-0.3, -0.25) is 4.79 Å². The van der Waals surface area contributed by atoms with Gasteiger partial charge in [0.15, 0.2) is 6.10 Å². The largest absolute Gasteiger partial charge is 0.481 e. The number of hydrogen-bond acceptors (Lipinski definition) is 3. The quantitative estimate of drug-likeness (QED) is 0.795. The summed E-state index contributed by atoms with van der Waals surface area (Å²) in [4.78, 5) is 14.9. The highest BCUT2D eigenvalue weighted by Gasteiger charge is 2.23. The number of hydrogen-bond donors (Lipinski definition) is 1. The van der Waals surface area contributed by atoms with E-state index in [2.05, 4.69) is 50.9 Å². The summed E-state index contributed by atoms with van der Waals surface area (Å²) < 4.78 is 5.87. The smallest absolute Gasteiger partial charge is 0.260 e. The summed E-state index contributed by atoms with van der Waals surface area (Å²) in [5.74, 6) is 1.76. The number of aryl methyl sites for hydroxylation is 1. The first-order chi connectivity index (χ1) is 12.3. The number of ether oxygens (including phenoxy) is 1. The van der Waals surface area contributed by atoms with E-state index >= 15 is 0 Å². The second-order valence-corrected chi connectivity index (χ2v) is 8.28. The van der Waals surface area contributed by atoms with Crippen LogP contribution in [0.1, 0.15) is 64.5 Å². The SMILES string of the molecule is Cc1cc(OC(C)C(=O)NCC2CCCN(C(C)C)C2)ccc1C(C)C. The van der Waals surface area contributed by atoms with E-state index in [1.807, 2.05) is 19.1 Å². The van der Waals surface area contributed by atoms with Gasteiger partial charge in [0.05, 0.1) is 0 Å². The minimum Gasteiger partial charge on any atom is -0.481 e. The maximum Gasteiger partial charge on any atom is 0.260 e. The van der Waals surface area contributed by atoms with Crippen molar-refractivity contribution in [2.75, 3.05) is 19.6 Å². The fourth-order valence-corrected chi connectivity index (χ4v) is 3.75. The molecule has 2 unspecified atom stereocenters. The van der Waals surface area contributed by atoms with E-state index < -0.39 is 6.10 Å². The third-order valence-electron chi connectivity index (χ3n) is 5.39. The number of nitrogens with zero attached hydrogens (tertiary/aromatic N) is 1. The van der Waals surface area contributed by atoms with E-state index in [-0.39, 0.29) is 5.91 Å². The highest BCUT2D eigenvalue weighted by Crippen LogP contribution is 2.24.